The molecule has 2 aromatic carbocycles. The van der Waals surface area contributed by atoms with Crippen molar-refractivity contribution >= 4 is 5.91 Å². The Balaban J connectivity index is 1.83. The van der Waals surface area contributed by atoms with Crippen LogP contribution in [0.5, 0.6) is 5.75 Å². The minimum atomic E-state index is -1.14. The fourth-order valence-corrected chi connectivity index (χ4v) is 2.20. The Bertz CT molecular complexity index is 673. The van der Waals surface area contributed by atoms with E-state index in [9.17, 15) is 13.6 Å². The van der Waals surface area contributed by atoms with Gasteiger partial charge in [0.1, 0.15) is 12.4 Å². The van der Waals surface area contributed by atoms with Gasteiger partial charge in [-0.25, -0.2) is 8.78 Å². The topological polar surface area (TPSA) is 38.3 Å². The number of benzene rings is 2. The molecule has 1 unspecified atom stereocenters. The molecule has 5 heteroatoms. The van der Waals surface area contributed by atoms with Gasteiger partial charge >= 0.3 is 0 Å². The molecule has 0 saturated heterocycles. The second-order valence-corrected chi connectivity index (χ2v) is 4.48. The van der Waals surface area contributed by atoms with E-state index < -0.39 is 17.5 Å². The van der Waals surface area contributed by atoms with Crippen LogP contribution in [0.3, 0.4) is 0 Å². The smallest absolute Gasteiger partial charge is 0.254 e. The molecule has 102 valence electrons. The van der Waals surface area contributed by atoms with E-state index in [0.29, 0.717) is 5.75 Å². The summed E-state index contributed by atoms with van der Waals surface area (Å²) in [6.07, 6.45) is 0. The van der Waals surface area contributed by atoms with Gasteiger partial charge in [-0.2, -0.15) is 0 Å². The monoisotopic (exact) mass is 275 g/mol. The molecule has 1 N–H and O–H groups in total. The Labute approximate surface area is 114 Å². The fraction of sp³-hybridized carbons (Fsp3) is 0.133. The van der Waals surface area contributed by atoms with E-state index in [2.05, 4.69) is 5.32 Å². The molecule has 1 aliphatic heterocycles. The molecule has 0 aromatic heterocycles. The van der Waals surface area contributed by atoms with Crippen molar-refractivity contribution in [2.24, 2.45) is 0 Å². The molecule has 1 heterocycles. The van der Waals surface area contributed by atoms with Crippen LogP contribution < -0.4 is 10.1 Å². The van der Waals surface area contributed by atoms with Crippen LogP contribution in [0.1, 0.15) is 22.0 Å². The van der Waals surface area contributed by atoms with Crippen LogP contribution in [-0.4, -0.2) is 12.5 Å². The molecule has 0 saturated carbocycles. The van der Waals surface area contributed by atoms with E-state index in [1.165, 1.54) is 12.1 Å². The lowest BCUT2D eigenvalue weighted by Gasteiger charge is -2.12. The summed E-state index contributed by atoms with van der Waals surface area (Å²) >= 11 is 0. The molecule has 0 aliphatic carbocycles. The lowest BCUT2D eigenvalue weighted by atomic mass is 10.1. The van der Waals surface area contributed by atoms with E-state index in [1.807, 2.05) is 18.2 Å². The van der Waals surface area contributed by atoms with Gasteiger partial charge in [-0.15, -0.1) is 0 Å². The van der Waals surface area contributed by atoms with Crippen molar-refractivity contribution in [3.63, 3.8) is 0 Å². The lowest BCUT2D eigenvalue weighted by Crippen LogP contribution is -2.30. The number of fused-ring (bicyclic) bond motifs is 1. The molecule has 0 radical (unpaired) electrons. The third-order valence-electron chi connectivity index (χ3n) is 3.20. The van der Waals surface area contributed by atoms with Crippen molar-refractivity contribution in [3.05, 3.63) is 65.2 Å². The average molecular weight is 275 g/mol. The van der Waals surface area contributed by atoms with Crippen LogP contribution in [0.4, 0.5) is 8.78 Å². The van der Waals surface area contributed by atoms with Crippen LogP contribution in [0.15, 0.2) is 42.5 Å². The molecule has 0 fully saturated rings. The van der Waals surface area contributed by atoms with Gasteiger partial charge in [0, 0.05) is 5.56 Å². The number of hydrogen-bond donors (Lipinski definition) is 1. The predicted octanol–water partition coefficient (Wildman–Crippen LogP) is 2.83. The Kier molecular flexibility index (Phi) is 3.10. The maximum atomic E-state index is 13.6. The zero-order chi connectivity index (χ0) is 14.1. The van der Waals surface area contributed by atoms with Gasteiger partial charge in [-0.1, -0.05) is 24.3 Å². The first-order valence-corrected chi connectivity index (χ1v) is 6.13. The second kappa shape index (κ2) is 4.92. The van der Waals surface area contributed by atoms with Crippen LogP contribution in [-0.2, 0) is 0 Å². The molecular formula is C15H11F2NO2. The molecule has 1 aliphatic rings. The Morgan fingerprint density at radius 1 is 1.15 bits per heavy atom. The first-order chi connectivity index (χ1) is 9.66. The zero-order valence-electron chi connectivity index (χ0n) is 10.4. The van der Waals surface area contributed by atoms with Gasteiger partial charge in [0.2, 0.25) is 0 Å². The summed E-state index contributed by atoms with van der Waals surface area (Å²) in [6, 6.07) is 10.4. The summed E-state index contributed by atoms with van der Waals surface area (Å²) < 4.78 is 32.1. The standard InChI is InChI=1S/C15H11F2NO2/c16-11-6-3-5-10(14(11)17)15(19)18-12-8-20-13-7-2-1-4-9(12)13/h1-7,12H,8H2,(H,18,19). The summed E-state index contributed by atoms with van der Waals surface area (Å²) in [5, 5.41) is 2.65. The van der Waals surface area contributed by atoms with Crippen molar-refractivity contribution in [3.8, 4) is 5.75 Å². The van der Waals surface area contributed by atoms with Crippen molar-refractivity contribution < 1.29 is 18.3 Å². The van der Waals surface area contributed by atoms with E-state index in [1.54, 1.807) is 6.07 Å². The van der Waals surface area contributed by atoms with Crippen molar-refractivity contribution in [1.82, 2.24) is 5.32 Å². The normalized spacial score (nSPS) is 16.4. The van der Waals surface area contributed by atoms with Crippen molar-refractivity contribution in [2.45, 2.75) is 6.04 Å². The van der Waals surface area contributed by atoms with E-state index in [-0.39, 0.29) is 18.2 Å². The number of nitrogens with one attached hydrogen (secondary N) is 1. The number of rotatable bonds is 2. The Morgan fingerprint density at radius 3 is 2.80 bits per heavy atom. The number of amides is 1. The Hall–Kier alpha value is -2.43. The SMILES string of the molecule is O=C(NC1COc2ccccc21)c1cccc(F)c1F. The highest BCUT2D eigenvalue weighted by Crippen LogP contribution is 2.31. The number of ether oxygens (including phenoxy) is 1. The van der Waals surface area contributed by atoms with Gasteiger partial charge in [-0.3, -0.25) is 4.79 Å². The molecule has 3 rings (SSSR count). The third-order valence-corrected chi connectivity index (χ3v) is 3.20. The second-order valence-electron chi connectivity index (χ2n) is 4.48. The molecule has 0 bridgehead atoms. The third kappa shape index (κ3) is 2.11. The van der Waals surface area contributed by atoms with E-state index >= 15 is 0 Å². The summed E-state index contributed by atoms with van der Waals surface area (Å²) in [4.78, 5) is 12.0. The molecule has 0 spiro atoms. The van der Waals surface area contributed by atoms with Gasteiger partial charge in [0.05, 0.1) is 11.6 Å². The van der Waals surface area contributed by atoms with Crippen LogP contribution in [0, 0.1) is 11.6 Å². The highest BCUT2D eigenvalue weighted by atomic mass is 19.2. The average Bonchev–Trinajstić information content (AvgIpc) is 2.85. The maximum Gasteiger partial charge on any atom is 0.254 e. The number of hydrogen-bond acceptors (Lipinski definition) is 2. The van der Waals surface area contributed by atoms with E-state index in [4.69, 9.17) is 4.74 Å². The van der Waals surface area contributed by atoms with Crippen molar-refractivity contribution in [1.29, 1.82) is 0 Å². The van der Waals surface area contributed by atoms with Crippen molar-refractivity contribution in [2.75, 3.05) is 6.61 Å². The number of halogens is 2. The summed E-state index contributed by atoms with van der Waals surface area (Å²) in [5.41, 5.74) is 0.520. The first-order valence-electron chi connectivity index (χ1n) is 6.13. The van der Waals surface area contributed by atoms with Gasteiger partial charge in [-0.05, 0) is 18.2 Å². The molecule has 1 amide bonds. The minimum absolute atomic E-state index is 0.280. The highest BCUT2D eigenvalue weighted by Gasteiger charge is 2.26. The molecule has 2 aromatic rings. The number of carbonyl (C=O) groups is 1. The van der Waals surface area contributed by atoms with Gasteiger partial charge in [0.15, 0.2) is 11.6 Å². The molecule has 1 atom stereocenters. The number of para-hydroxylation sites is 1. The largest absolute Gasteiger partial charge is 0.491 e. The fourth-order valence-electron chi connectivity index (χ4n) is 2.20. The Morgan fingerprint density at radius 2 is 1.95 bits per heavy atom. The predicted molar refractivity (Wildman–Crippen MR) is 68.5 cm³/mol. The maximum absolute atomic E-state index is 13.6. The molecule has 3 nitrogen and oxygen atoms in total. The van der Waals surface area contributed by atoms with Crippen LogP contribution in [0.2, 0.25) is 0 Å². The minimum Gasteiger partial charge on any atom is -0.491 e. The summed E-state index contributed by atoms with van der Waals surface area (Å²) in [7, 11) is 0. The lowest BCUT2D eigenvalue weighted by molar-refractivity contribution is 0.0925. The molecule has 20 heavy (non-hydrogen) atoms. The number of carbonyl (C=O) groups excluding carboxylic acids is 1. The van der Waals surface area contributed by atoms with Gasteiger partial charge < -0.3 is 10.1 Å². The van der Waals surface area contributed by atoms with Gasteiger partial charge in [0.25, 0.3) is 5.91 Å². The first kappa shape index (κ1) is 12.6. The van der Waals surface area contributed by atoms with Crippen LogP contribution >= 0.6 is 0 Å². The van der Waals surface area contributed by atoms with E-state index in [0.717, 1.165) is 11.6 Å². The quantitative estimate of drug-likeness (QED) is 0.915. The summed E-state index contributed by atoms with van der Waals surface area (Å²) in [6.45, 7) is 0.280. The highest BCUT2D eigenvalue weighted by molar-refractivity contribution is 5.94. The molecular weight excluding hydrogens is 264 g/mol. The summed E-state index contributed by atoms with van der Waals surface area (Å²) in [5.74, 6) is -2.15. The zero-order valence-corrected chi connectivity index (χ0v) is 10.4. The van der Waals surface area contributed by atoms with Crippen LogP contribution in [0.25, 0.3) is 0 Å².